The summed E-state index contributed by atoms with van der Waals surface area (Å²) in [5.41, 5.74) is 3.87. The molecular formula is C19H23BN6O. The van der Waals surface area contributed by atoms with E-state index in [0.29, 0.717) is 5.82 Å². The second-order valence-electron chi connectivity index (χ2n) is 7.38. The Labute approximate surface area is 159 Å². The van der Waals surface area contributed by atoms with E-state index in [1.165, 1.54) is 0 Å². The standard InChI is InChI=1S/C19H23BN6O/c1-25-7-5-12(6-8-25)19(27)22-18-17(20)15-9-13(3-4-16(15)23-24-18)14-10-21-26(2)11-14/h3-4,9-12H,5-8,20H2,1-2H3,(H,22,24,27). The van der Waals surface area contributed by atoms with E-state index in [1.807, 2.05) is 39.4 Å². The van der Waals surface area contributed by atoms with Crippen LogP contribution in [0.5, 0.6) is 0 Å². The van der Waals surface area contributed by atoms with Crippen molar-refractivity contribution in [2.75, 3.05) is 25.5 Å². The molecule has 1 aromatic carbocycles. The van der Waals surface area contributed by atoms with Gasteiger partial charge in [0, 0.05) is 24.7 Å². The highest BCUT2D eigenvalue weighted by atomic mass is 16.2. The third kappa shape index (κ3) is 3.57. The van der Waals surface area contributed by atoms with Crippen molar-refractivity contribution in [3.8, 4) is 11.1 Å². The number of fused-ring (bicyclic) bond motifs is 1. The Bertz CT molecular complexity index is 993. The van der Waals surface area contributed by atoms with E-state index < -0.39 is 0 Å². The van der Waals surface area contributed by atoms with Gasteiger partial charge in [-0.2, -0.15) is 5.10 Å². The number of carbonyl (C=O) groups is 1. The summed E-state index contributed by atoms with van der Waals surface area (Å²) in [6, 6.07) is 6.06. The van der Waals surface area contributed by atoms with E-state index in [0.717, 1.165) is 53.4 Å². The Hall–Kier alpha value is -2.74. The topological polar surface area (TPSA) is 75.9 Å². The van der Waals surface area contributed by atoms with Gasteiger partial charge in [0.15, 0.2) is 0 Å². The molecule has 0 unspecified atom stereocenters. The van der Waals surface area contributed by atoms with Crippen LogP contribution in [0.4, 0.5) is 5.82 Å². The maximum Gasteiger partial charge on any atom is 0.228 e. The maximum atomic E-state index is 12.6. The minimum atomic E-state index is 0.0415. The monoisotopic (exact) mass is 362 g/mol. The lowest BCUT2D eigenvalue weighted by atomic mass is 9.90. The van der Waals surface area contributed by atoms with Crippen molar-refractivity contribution in [1.82, 2.24) is 24.9 Å². The van der Waals surface area contributed by atoms with E-state index >= 15 is 0 Å². The van der Waals surface area contributed by atoms with Gasteiger partial charge in [0.25, 0.3) is 0 Å². The average molecular weight is 362 g/mol. The number of aromatic nitrogens is 4. The first kappa shape index (κ1) is 17.7. The molecule has 1 amide bonds. The van der Waals surface area contributed by atoms with Crippen molar-refractivity contribution in [1.29, 1.82) is 0 Å². The SMILES string of the molecule is Bc1c(NC(=O)C2CCN(C)CC2)nnc2ccc(-c3cnn(C)c3)cc12. The molecule has 0 bridgehead atoms. The predicted octanol–water partition coefficient (Wildman–Crippen LogP) is 0.569. The number of anilines is 1. The molecule has 1 aliphatic rings. The van der Waals surface area contributed by atoms with Crippen LogP contribution in [0.2, 0.25) is 0 Å². The van der Waals surface area contributed by atoms with E-state index in [4.69, 9.17) is 0 Å². The molecule has 138 valence electrons. The van der Waals surface area contributed by atoms with E-state index in [-0.39, 0.29) is 11.8 Å². The molecule has 0 aliphatic carbocycles. The number of hydrogen-bond acceptors (Lipinski definition) is 5. The quantitative estimate of drug-likeness (QED) is 0.690. The number of piperidine rings is 1. The molecule has 4 rings (SSSR count). The molecule has 1 aliphatic heterocycles. The summed E-state index contributed by atoms with van der Waals surface area (Å²) >= 11 is 0. The van der Waals surface area contributed by atoms with Gasteiger partial charge in [0.2, 0.25) is 5.91 Å². The first-order chi connectivity index (χ1) is 13.0. The van der Waals surface area contributed by atoms with Crippen LogP contribution in [-0.4, -0.2) is 58.8 Å². The highest BCUT2D eigenvalue weighted by Gasteiger charge is 2.24. The number of nitrogens with one attached hydrogen (secondary N) is 1. The molecule has 0 atom stereocenters. The van der Waals surface area contributed by atoms with Crippen LogP contribution in [0.25, 0.3) is 22.0 Å². The van der Waals surface area contributed by atoms with Gasteiger partial charge in [-0.05, 0) is 61.5 Å². The van der Waals surface area contributed by atoms with Gasteiger partial charge in [-0.25, -0.2) is 0 Å². The molecule has 3 aromatic rings. The highest BCUT2D eigenvalue weighted by molar-refractivity contribution is 6.42. The van der Waals surface area contributed by atoms with Gasteiger partial charge in [0.05, 0.1) is 11.7 Å². The number of aryl methyl sites for hydroxylation is 1. The number of nitrogens with zero attached hydrogens (tertiary/aromatic N) is 5. The van der Waals surface area contributed by atoms with Gasteiger partial charge >= 0.3 is 0 Å². The summed E-state index contributed by atoms with van der Waals surface area (Å²) < 4.78 is 1.78. The number of likely N-dealkylation sites (tertiary alicyclic amines) is 1. The first-order valence-electron chi connectivity index (χ1n) is 9.27. The van der Waals surface area contributed by atoms with Crippen molar-refractivity contribution < 1.29 is 4.79 Å². The minimum Gasteiger partial charge on any atom is -0.309 e. The van der Waals surface area contributed by atoms with E-state index in [2.05, 4.69) is 38.6 Å². The first-order valence-corrected chi connectivity index (χ1v) is 9.27. The molecule has 27 heavy (non-hydrogen) atoms. The van der Waals surface area contributed by atoms with Crippen molar-refractivity contribution >= 4 is 35.9 Å². The normalized spacial score (nSPS) is 15.9. The van der Waals surface area contributed by atoms with Crippen molar-refractivity contribution in [3.05, 3.63) is 30.6 Å². The molecule has 7 nitrogen and oxygen atoms in total. The number of hydrogen-bond donors (Lipinski definition) is 1. The second kappa shape index (κ2) is 7.11. The van der Waals surface area contributed by atoms with E-state index in [1.54, 1.807) is 4.68 Å². The van der Waals surface area contributed by atoms with Crippen molar-refractivity contribution in [2.45, 2.75) is 12.8 Å². The molecule has 1 fully saturated rings. The van der Waals surface area contributed by atoms with Crippen LogP contribution in [0, 0.1) is 5.92 Å². The van der Waals surface area contributed by atoms with E-state index in [9.17, 15) is 4.79 Å². The third-order valence-electron chi connectivity index (χ3n) is 5.38. The molecule has 0 spiro atoms. The lowest BCUT2D eigenvalue weighted by Crippen LogP contribution is -2.36. The minimum absolute atomic E-state index is 0.0415. The Morgan fingerprint density at radius 2 is 1.96 bits per heavy atom. The molecule has 0 saturated carbocycles. The van der Waals surface area contributed by atoms with Crippen LogP contribution in [0.15, 0.2) is 30.6 Å². The summed E-state index contributed by atoms with van der Waals surface area (Å²) in [7, 11) is 5.97. The average Bonchev–Trinajstić information content (AvgIpc) is 3.11. The highest BCUT2D eigenvalue weighted by Crippen LogP contribution is 2.23. The zero-order valence-corrected chi connectivity index (χ0v) is 15.9. The lowest BCUT2D eigenvalue weighted by Gasteiger charge is -2.28. The molecule has 3 heterocycles. The molecule has 1 N–H and O–H groups in total. The Morgan fingerprint density at radius 1 is 1.19 bits per heavy atom. The molecule has 8 heteroatoms. The number of benzene rings is 1. The Morgan fingerprint density at radius 3 is 2.67 bits per heavy atom. The summed E-state index contributed by atoms with van der Waals surface area (Å²) in [6.07, 6.45) is 5.59. The van der Waals surface area contributed by atoms with Crippen LogP contribution in [0.3, 0.4) is 0 Å². The molecule has 0 radical (unpaired) electrons. The summed E-state index contributed by atoms with van der Waals surface area (Å²) in [6.45, 7) is 1.91. The Kier molecular flexibility index (Phi) is 4.65. The van der Waals surface area contributed by atoms with Crippen LogP contribution < -0.4 is 10.8 Å². The predicted molar refractivity (Wildman–Crippen MR) is 109 cm³/mol. The summed E-state index contributed by atoms with van der Waals surface area (Å²) in [4.78, 5) is 14.9. The fourth-order valence-corrected chi connectivity index (χ4v) is 3.59. The summed E-state index contributed by atoms with van der Waals surface area (Å²) in [5, 5.41) is 16.8. The largest absolute Gasteiger partial charge is 0.309 e. The molecular weight excluding hydrogens is 339 g/mol. The van der Waals surface area contributed by atoms with Crippen LogP contribution in [0.1, 0.15) is 12.8 Å². The second-order valence-corrected chi connectivity index (χ2v) is 7.38. The lowest BCUT2D eigenvalue weighted by molar-refractivity contribution is -0.121. The zero-order valence-electron chi connectivity index (χ0n) is 15.9. The summed E-state index contributed by atoms with van der Waals surface area (Å²) in [5.74, 6) is 0.637. The third-order valence-corrected chi connectivity index (χ3v) is 5.38. The van der Waals surface area contributed by atoms with Gasteiger partial charge in [-0.15, -0.1) is 10.2 Å². The zero-order chi connectivity index (χ0) is 19.0. The molecule has 2 aromatic heterocycles. The number of carbonyl (C=O) groups excluding carboxylic acids is 1. The van der Waals surface area contributed by atoms with Gasteiger partial charge in [0.1, 0.15) is 13.7 Å². The fourth-order valence-electron chi connectivity index (χ4n) is 3.59. The van der Waals surface area contributed by atoms with Crippen LogP contribution >= 0.6 is 0 Å². The van der Waals surface area contributed by atoms with Gasteiger partial charge in [-0.1, -0.05) is 6.07 Å². The van der Waals surface area contributed by atoms with Gasteiger partial charge < -0.3 is 10.2 Å². The van der Waals surface area contributed by atoms with Crippen LogP contribution in [-0.2, 0) is 11.8 Å². The van der Waals surface area contributed by atoms with Crippen molar-refractivity contribution in [3.63, 3.8) is 0 Å². The fraction of sp³-hybridized carbons (Fsp3) is 0.368. The van der Waals surface area contributed by atoms with Gasteiger partial charge in [-0.3, -0.25) is 9.48 Å². The number of rotatable bonds is 3. The smallest absolute Gasteiger partial charge is 0.228 e. The molecule has 1 saturated heterocycles. The van der Waals surface area contributed by atoms with Crippen molar-refractivity contribution in [2.24, 2.45) is 13.0 Å². The number of amides is 1. The Balaban J connectivity index is 1.61. The maximum absolute atomic E-state index is 12.6.